The van der Waals surface area contributed by atoms with E-state index in [1.54, 1.807) is 19.8 Å². The Morgan fingerprint density at radius 3 is 1.92 bits per heavy atom. The van der Waals surface area contributed by atoms with Gasteiger partial charge in [0.25, 0.3) is 0 Å². The van der Waals surface area contributed by atoms with Gasteiger partial charge in [-0.1, -0.05) is 0 Å². The van der Waals surface area contributed by atoms with Gasteiger partial charge >= 0.3 is 227 Å². The van der Waals surface area contributed by atoms with Crippen LogP contribution in [0.4, 0.5) is 0 Å². The minimum atomic E-state index is -1.30. The van der Waals surface area contributed by atoms with Crippen molar-refractivity contribution >= 4 is 27.9 Å². The second-order valence-electron chi connectivity index (χ2n) is 9.45. The molecule has 5 aromatic rings. The Bertz CT molecular complexity index is 1560. The molecule has 0 saturated carbocycles. The van der Waals surface area contributed by atoms with Crippen molar-refractivity contribution in [3.8, 4) is 11.1 Å². The van der Waals surface area contributed by atoms with Gasteiger partial charge in [0.1, 0.15) is 0 Å². The van der Waals surface area contributed by atoms with Crippen LogP contribution in [0.5, 0.6) is 0 Å². The second-order valence-corrected chi connectivity index (χ2v) is 16.7. The summed E-state index contributed by atoms with van der Waals surface area (Å²) < 4.78 is 2.26. The predicted molar refractivity (Wildman–Crippen MR) is 151 cm³/mol. The normalized spacial score (nSPS) is 14.3. The molecule has 0 bridgehead atoms. The average molecular weight is 714 g/mol. The van der Waals surface area contributed by atoms with Crippen LogP contribution in [0, 0.1) is 0 Å². The van der Waals surface area contributed by atoms with E-state index in [0.29, 0.717) is 3.67 Å². The van der Waals surface area contributed by atoms with Gasteiger partial charge in [0.2, 0.25) is 0 Å². The van der Waals surface area contributed by atoms with E-state index in [0.717, 1.165) is 6.42 Å². The molecule has 0 radical (unpaired) electrons. The molecular formula is C34H25Cl2HfP. The first-order chi connectivity index (χ1) is 17.9. The van der Waals surface area contributed by atoms with Gasteiger partial charge in [0.05, 0.1) is 0 Å². The van der Waals surface area contributed by atoms with E-state index >= 15 is 0 Å². The van der Waals surface area contributed by atoms with Crippen LogP contribution in [-0.4, -0.2) is 0 Å². The number of rotatable bonds is 5. The van der Waals surface area contributed by atoms with Crippen molar-refractivity contribution in [1.29, 1.82) is 0 Å². The number of benzene rings is 5. The third kappa shape index (κ3) is 4.91. The van der Waals surface area contributed by atoms with Crippen LogP contribution in [-0.2, 0) is 29.3 Å². The Labute approximate surface area is 250 Å². The van der Waals surface area contributed by atoms with Crippen LogP contribution in [0.3, 0.4) is 0 Å². The molecule has 0 fully saturated rings. The predicted octanol–water partition coefficient (Wildman–Crippen LogP) is 1.20. The molecule has 2 aliphatic rings. The summed E-state index contributed by atoms with van der Waals surface area (Å²) in [4.78, 5) is 0. The molecule has 0 spiro atoms. The molecule has 0 nitrogen and oxygen atoms in total. The zero-order valence-electron chi connectivity index (χ0n) is 20.7. The maximum atomic E-state index is 2.55. The van der Waals surface area contributed by atoms with Crippen molar-refractivity contribution in [1.82, 2.24) is 0 Å². The van der Waals surface area contributed by atoms with Crippen molar-refractivity contribution in [2.24, 2.45) is 0 Å². The van der Waals surface area contributed by atoms with Crippen molar-refractivity contribution in [3.63, 3.8) is 0 Å². The Morgan fingerprint density at radius 2 is 1.18 bits per heavy atom. The maximum Gasteiger partial charge on any atom is -1.00 e. The molecule has 4 heteroatoms. The number of hydrogen-bond donors (Lipinski definition) is 0. The molecule has 38 heavy (non-hydrogen) atoms. The fourth-order valence-electron chi connectivity index (χ4n) is 5.70. The van der Waals surface area contributed by atoms with Crippen molar-refractivity contribution < 1.29 is 47.7 Å². The van der Waals surface area contributed by atoms with E-state index < -0.39 is 30.8 Å². The first-order valence-corrected chi connectivity index (χ1v) is 17.8. The van der Waals surface area contributed by atoms with Crippen molar-refractivity contribution in [3.05, 3.63) is 155 Å². The van der Waals surface area contributed by atoms with Crippen LogP contribution in [0.25, 0.3) is 17.2 Å². The molecule has 1 atom stereocenters. The topological polar surface area (TPSA) is 0 Å². The molecule has 1 unspecified atom stereocenters. The summed E-state index contributed by atoms with van der Waals surface area (Å²) in [6.07, 6.45) is 3.64. The molecule has 0 heterocycles. The Kier molecular flexibility index (Phi) is 8.51. The summed E-state index contributed by atoms with van der Waals surface area (Å²) in [7, 11) is -0.577. The number of fused-ring (bicyclic) bond motifs is 4. The molecule has 184 valence electrons. The standard InChI is InChI=1S/C21H16P.C13H9.2ClH.Hf/c1-3-11-19(12-4-1)22(20-13-5-2-6-14-20)21-15-17-9-7-8-10-18(17)16-21;1-3-7-12-10(5-1)9-11-6-2-4-8-13(11)12;;;/h1-16H;1-5,7-8H,9H2;2*1H;/q;;;;+2/p-2. The molecule has 0 N–H and O–H groups in total. The Morgan fingerprint density at radius 1 is 0.579 bits per heavy atom. The minimum absolute atomic E-state index is 0. The van der Waals surface area contributed by atoms with Crippen LogP contribution in [0.15, 0.2) is 133 Å². The van der Waals surface area contributed by atoms with Crippen molar-refractivity contribution in [2.75, 3.05) is 0 Å². The second kappa shape index (κ2) is 11.8. The fourth-order valence-corrected chi connectivity index (χ4v) is 15.7. The van der Waals surface area contributed by atoms with E-state index in [9.17, 15) is 0 Å². The van der Waals surface area contributed by atoms with Gasteiger partial charge in [0.15, 0.2) is 0 Å². The monoisotopic (exact) mass is 714 g/mol. The van der Waals surface area contributed by atoms with Gasteiger partial charge in [0, 0.05) is 0 Å². The first kappa shape index (κ1) is 27.3. The Hall–Kier alpha value is -2.28. The van der Waals surface area contributed by atoms with E-state index in [1.807, 2.05) is 0 Å². The van der Waals surface area contributed by atoms with Gasteiger partial charge < -0.3 is 24.8 Å². The SMILES string of the molecule is C1=C(P(c2ccccc2)c2ccccc2)[CH]([Hf+2][c]2cccc3c2Cc2ccccc2-3)c2ccccc21.[Cl-].[Cl-]. The summed E-state index contributed by atoms with van der Waals surface area (Å²) in [5, 5.41) is 4.56. The number of hydrogen-bond acceptors (Lipinski definition) is 0. The van der Waals surface area contributed by atoms with Gasteiger partial charge in [-0.05, 0) is 0 Å². The third-order valence-electron chi connectivity index (χ3n) is 7.34. The summed E-state index contributed by atoms with van der Waals surface area (Å²) in [5.74, 6) is 0. The van der Waals surface area contributed by atoms with Crippen LogP contribution in [0.2, 0.25) is 0 Å². The van der Waals surface area contributed by atoms with E-state index in [4.69, 9.17) is 0 Å². The fraction of sp³-hybridized carbons (Fsp3) is 0.0588. The minimum Gasteiger partial charge on any atom is -1.00 e. The number of allylic oxidation sites excluding steroid dienone is 1. The van der Waals surface area contributed by atoms with E-state index in [2.05, 4.69) is 133 Å². The van der Waals surface area contributed by atoms with Crippen LogP contribution >= 0.6 is 7.92 Å². The summed E-state index contributed by atoms with van der Waals surface area (Å²) in [5.41, 5.74) is 9.00. The average Bonchev–Trinajstić information content (AvgIpc) is 3.49. The molecular weight excluding hydrogens is 689 g/mol. The Balaban J connectivity index is 0.00000147. The quantitative estimate of drug-likeness (QED) is 0.186. The molecule has 5 aromatic carbocycles. The number of halogens is 2. The molecule has 7 rings (SSSR count). The summed E-state index contributed by atoms with van der Waals surface area (Å²) >= 11 is -1.30. The zero-order valence-corrected chi connectivity index (χ0v) is 26.7. The largest absolute Gasteiger partial charge is 1.00 e. The molecule has 0 saturated heterocycles. The maximum absolute atomic E-state index is 2.55. The van der Waals surface area contributed by atoms with E-state index in [1.165, 1.54) is 32.9 Å². The van der Waals surface area contributed by atoms with Gasteiger partial charge in [-0.3, -0.25) is 0 Å². The van der Waals surface area contributed by atoms with E-state index in [-0.39, 0.29) is 24.8 Å². The van der Waals surface area contributed by atoms with Crippen molar-refractivity contribution in [2.45, 2.75) is 10.1 Å². The summed E-state index contributed by atoms with van der Waals surface area (Å²) in [6, 6.07) is 47.7. The first-order valence-electron chi connectivity index (χ1n) is 12.5. The summed E-state index contributed by atoms with van der Waals surface area (Å²) in [6.45, 7) is 0. The van der Waals surface area contributed by atoms with Gasteiger partial charge in [-0.2, -0.15) is 0 Å². The van der Waals surface area contributed by atoms with Crippen LogP contribution in [0.1, 0.15) is 25.9 Å². The molecule has 2 aliphatic carbocycles. The molecule has 0 aliphatic heterocycles. The van der Waals surface area contributed by atoms with Gasteiger partial charge in [-0.15, -0.1) is 0 Å². The van der Waals surface area contributed by atoms with Gasteiger partial charge in [-0.25, -0.2) is 0 Å². The van der Waals surface area contributed by atoms with Crippen LogP contribution < -0.4 is 38.7 Å². The molecule has 0 aromatic heterocycles. The molecule has 0 amide bonds. The zero-order chi connectivity index (χ0) is 23.9. The smallest absolute Gasteiger partial charge is 1.00 e. The third-order valence-corrected chi connectivity index (χ3v) is 16.8.